The standard InChI is InChI=1S/C27H27F7N6O3/c28-16-11-15(10-14-5-9-42-20(14)16)40-22-19(25(23(40)41)6-1-2-7-25)21(36-13-26(29,30)31)37-18(38-22)12-43-24(35)39-8-3-4-17(39)27(32,33)34/h10-11,17,35H,1-9,12-13H2,(H,36,37,38)/t17-/m1/s1. The average molecular weight is 617 g/mol. The Bertz CT molecular complexity index is 1460. The molecule has 1 aromatic carbocycles. The van der Waals surface area contributed by atoms with Gasteiger partial charge in [-0.05, 0) is 31.7 Å². The van der Waals surface area contributed by atoms with Crippen LogP contribution in [0.15, 0.2) is 12.1 Å². The van der Waals surface area contributed by atoms with E-state index in [1.165, 1.54) is 0 Å². The Morgan fingerprint density at radius 1 is 1.14 bits per heavy atom. The van der Waals surface area contributed by atoms with Gasteiger partial charge >= 0.3 is 12.4 Å². The molecule has 16 heteroatoms. The highest BCUT2D eigenvalue weighted by Crippen LogP contribution is 2.55. The Morgan fingerprint density at radius 2 is 1.88 bits per heavy atom. The highest BCUT2D eigenvalue weighted by atomic mass is 19.4. The molecule has 1 atom stereocenters. The zero-order valence-electron chi connectivity index (χ0n) is 22.7. The minimum absolute atomic E-state index is 0.0631. The van der Waals surface area contributed by atoms with E-state index in [-0.39, 0.29) is 60.5 Å². The number of carbonyl (C=O) groups excluding carboxylic acids is 1. The molecular weight excluding hydrogens is 589 g/mol. The first-order chi connectivity index (χ1) is 20.3. The van der Waals surface area contributed by atoms with Crippen LogP contribution in [0.2, 0.25) is 0 Å². The first kappa shape index (κ1) is 29.2. The van der Waals surface area contributed by atoms with E-state index in [0.29, 0.717) is 37.7 Å². The van der Waals surface area contributed by atoms with Crippen molar-refractivity contribution in [3.8, 4) is 5.75 Å². The van der Waals surface area contributed by atoms with Gasteiger partial charge in [0.05, 0.1) is 23.3 Å². The van der Waals surface area contributed by atoms with Crippen molar-refractivity contribution in [1.29, 1.82) is 5.41 Å². The van der Waals surface area contributed by atoms with E-state index >= 15 is 0 Å². The van der Waals surface area contributed by atoms with Gasteiger partial charge in [-0.2, -0.15) is 26.3 Å². The second kappa shape index (κ2) is 10.4. The molecule has 1 amide bonds. The third kappa shape index (κ3) is 5.18. The zero-order valence-corrected chi connectivity index (χ0v) is 22.7. The van der Waals surface area contributed by atoms with Crippen molar-refractivity contribution in [3.05, 3.63) is 34.9 Å². The number of aromatic nitrogens is 2. The number of fused-ring (bicyclic) bond motifs is 3. The van der Waals surface area contributed by atoms with Crippen LogP contribution in [-0.4, -0.2) is 64.9 Å². The fourth-order valence-corrected chi connectivity index (χ4v) is 6.51. The van der Waals surface area contributed by atoms with Crippen molar-refractivity contribution in [2.75, 3.05) is 29.9 Å². The van der Waals surface area contributed by atoms with Gasteiger partial charge in [-0.15, -0.1) is 0 Å². The van der Waals surface area contributed by atoms with Crippen molar-refractivity contribution in [2.45, 2.75) is 75.4 Å². The van der Waals surface area contributed by atoms with Crippen molar-refractivity contribution in [3.63, 3.8) is 0 Å². The molecule has 1 saturated carbocycles. The number of amidine groups is 1. The first-order valence-electron chi connectivity index (χ1n) is 13.8. The number of anilines is 3. The molecule has 3 aliphatic heterocycles. The molecule has 2 aromatic rings. The van der Waals surface area contributed by atoms with E-state index in [1.54, 1.807) is 6.07 Å². The summed E-state index contributed by atoms with van der Waals surface area (Å²) >= 11 is 0. The summed E-state index contributed by atoms with van der Waals surface area (Å²) < 4.78 is 106. The fourth-order valence-electron chi connectivity index (χ4n) is 6.51. The summed E-state index contributed by atoms with van der Waals surface area (Å²) in [5.74, 6) is -1.74. The molecule has 1 aromatic heterocycles. The van der Waals surface area contributed by atoms with E-state index < -0.39 is 54.7 Å². The molecule has 6 rings (SSSR count). The summed E-state index contributed by atoms with van der Waals surface area (Å²) in [5, 5.41) is 10.4. The second-order valence-electron chi connectivity index (χ2n) is 11.1. The van der Waals surface area contributed by atoms with Crippen LogP contribution < -0.4 is 15.0 Å². The third-order valence-corrected chi connectivity index (χ3v) is 8.36. The molecule has 0 bridgehead atoms. The number of alkyl halides is 6. The van der Waals surface area contributed by atoms with Crippen molar-refractivity contribution >= 4 is 29.3 Å². The maximum Gasteiger partial charge on any atom is 0.408 e. The van der Waals surface area contributed by atoms with Gasteiger partial charge in [-0.3, -0.25) is 15.1 Å². The fraction of sp³-hybridized carbons (Fsp3) is 0.556. The lowest BCUT2D eigenvalue weighted by atomic mass is 9.80. The Kier molecular flexibility index (Phi) is 7.07. The normalized spacial score (nSPS) is 20.9. The number of amides is 1. The van der Waals surface area contributed by atoms with Crippen LogP contribution in [-0.2, 0) is 28.0 Å². The van der Waals surface area contributed by atoms with Crippen molar-refractivity contribution in [1.82, 2.24) is 14.9 Å². The lowest BCUT2D eigenvalue weighted by molar-refractivity contribution is -0.169. The quantitative estimate of drug-likeness (QED) is 0.260. The molecule has 2 N–H and O–H groups in total. The maximum absolute atomic E-state index is 15.0. The highest BCUT2D eigenvalue weighted by Gasteiger charge is 2.56. The van der Waals surface area contributed by atoms with Crippen LogP contribution in [0.3, 0.4) is 0 Å². The molecule has 9 nitrogen and oxygen atoms in total. The summed E-state index contributed by atoms with van der Waals surface area (Å²) in [6, 6.07) is -0.0161. The number of ether oxygens (including phenoxy) is 2. The van der Waals surface area contributed by atoms with Crippen LogP contribution in [0.5, 0.6) is 5.75 Å². The van der Waals surface area contributed by atoms with Gasteiger partial charge in [0.15, 0.2) is 24.0 Å². The molecule has 4 aliphatic rings. The van der Waals surface area contributed by atoms with E-state index in [2.05, 4.69) is 15.3 Å². The minimum atomic E-state index is -4.65. The van der Waals surface area contributed by atoms with Crippen molar-refractivity contribution in [2.24, 2.45) is 0 Å². The average Bonchev–Trinajstić information content (AvgIpc) is 3.73. The van der Waals surface area contributed by atoms with Crippen LogP contribution >= 0.6 is 0 Å². The molecule has 1 aliphatic carbocycles. The molecular formula is C27H27F7N6O3. The summed E-state index contributed by atoms with van der Waals surface area (Å²) in [5.41, 5.74) is -0.478. The van der Waals surface area contributed by atoms with E-state index in [1.807, 2.05) is 0 Å². The van der Waals surface area contributed by atoms with Gasteiger partial charge in [0.25, 0.3) is 6.02 Å². The van der Waals surface area contributed by atoms with Crippen LogP contribution in [0.1, 0.15) is 55.5 Å². The molecule has 0 unspecified atom stereocenters. The van der Waals surface area contributed by atoms with Gasteiger partial charge in [-0.25, -0.2) is 14.4 Å². The number of carbonyl (C=O) groups is 1. The SMILES string of the molecule is N=C(OCc1nc(NCC(F)(F)F)c2c(n1)N(c1cc(F)c3c(c1)CCO3)C(=O)C21CCCC1)N1CCC[C@@H]1C(F)(F)F. The Balaban J connectivity index is 1.40. The van der Waals surface area contributed by atoms with Crippen LogP contribution in [0.25, 0.3) is 0 Å². The molecule has 43 heavy (non-hydrogen) atoms. The predicted molar refractivity (Wildman–Crippen MR) is 138 cm³/mol. The Hall–Kier alpha value is -3.85. The number of likely N-dealkylation sites (tertiary alicyclic amines) is 1. The summed E-state index contributed by atoms with van der Waals surface area (Å²) in [6.07, 6.45) is -7.02. The third-order valence-electron chi connectivity index (χ3n) is 8.36. The number of nitrogens with zero attached hydrogens (tertiary/aromatic N) is 4. The van der Waals surface area contributed by atoms with E-state index in [9.17, 15) is 35.5 Å². The van der Waals surface area contributed by atoms with Crippen LogP contribution in [0, 0.1) is 11.2 Å². The lowest BCUT2D eigenvalue weighted by Gasteiger charge is -2.27. The molecule has 1 saturated heterocycles. The van der Waals surface area contributed by atoms with Gasteiger partial charge in [0.1, 0.15) is 24.2 Å². The summed E-state index contributed by atoms with van der Waals surface area (Å²) in [6.45, 7) is -1.96. The Morgan fingerprint density at radius 3 is 2.58 bits per heavy atom. The molecule has 4 heterocycles. The summed E-state index contributed by atoms with van der Waals surface area (Å²) in [7, 11) is 0. The number of rotatable bonds is 5. The number of hydrogen-bond donors (Lipinski definition) is 2. The predicted octanol–water partition coefficient (Wildman–Crippen LogP) is 5.49. The van der Waals surface area contributed by atoms with Gasteiger partial charge in [0, 0.05) is 24.6 Å². The largest absolute Gasteiger partial charge is 0.490 e. The number of halogens is 7. The topological polar surface area (TPSA) is 104 Å². The molecule has 232 valence electrons. The van der Waals surface area contributed by atoms with Gasteiger partial charge in [0.2, 0.25) is 5.91 Å². The van der Waals surface area contributed by atoms with E-state index in [4.69, 9.17) is 14.9 Å². The van der Waals surface area contributed by atoms with Gasteiger partial charge < -0.3 is 19.7 Å². The minimum Gasteiger partial charge on any atom is -0.490 e. The molecule has 2 fully saturated rings. The molecule has 1 spiro atoms. The van der Waals surface area contributed by atoms with E-state index in [0.717, 1.165) is 15.9 Å². The summed E-state index contributed by atoms with van der Waals surface area (Å²) in [4.78, 5) is 24.7. The smallest absolute Gasteiger partial charge is 0.408 e. The van der Waals surface area contributed by atoms with Crippen LogP contribution in [0.4, 0.5) is 48.1 Å². The molecule has 0 radical (unpaired) electrons. The van der Waals surface area contributed by atoms with Crippen molar-refractivity contribution < 1.29 is 45.0 Å². The monoisotopic (exact) mass is 616 g/mol. The number of hydrogen-bond acceptors (Lipinski definition) is 7. The number of nitrogens with one attached hydrogen (secondary N) is 2. The maximum atomic E-state index is 15.0. The number of benzene rings is 1. The zero-order chi connectivity index (χ0) is 30.7. The van der Waals surface area contributed by atoms with Gasteiger partial charge in [-0.1, -0.05) is 12.8 Å². The lowest BCUT2D eigenvalue weighted by Crippen LogP contribution is -2.45. The first-order valence-corrected chi connectivity index (χ1v) is 13.8. The second-order valence-corrected chi connectivity index (χ2v) is 11.1. The Labute approximate surface area is 240 Å². The highest BCUT2D eigenvalue weighted by molar-refractivity contribution is 6.13.